The van der Waals surface area contributed by atoms with Crippen molar-refractivity contribution in [3.8, 4) is 0 Å². The van der Waals surface area contributed by atoms with Gasteiger partial charge in [-0.25, -0.2) is 0 Å². The van der Waals surface area contributed by atoms with Crippen molar-refractivity contribution in [1.82, 2.24) is 0 Å². The molecule has 0 spiro atoms. The van der Waals surface area contributed by atoms with Gasteiger partial charge in [0.2, 0.25) is 0 Å². The molecule has 0 bridgehead atoms. The number of carbonyl (C=O) groups is 2. The first-order valence-electron chi connectivity index (χ1n) is 25.4. The lowest BCUT2D eigenvalue weighted by Gasteiger charge is -2.18. The third-order valence-corrected chi connectivity index (χ3v) is 10.3. The molecule has 0 radical (unpaired) electrons. The number of ether oxygens (including phenoxy) is 3. The summed E-state index contributed by atoms with van der Waals surface area (Å²) in [4.78, 5) is 25.4. The van der Waals surface area contributed by atoms with Gasteiger partial charge in [-0.1, -0.05) is 188 Å². The fourth-order valence-electron chi connectivity index (χ4n) is 6.54. The highest BCUT2D eigenvalue weighted by Gasteiger charge is 2.17. The summed E-state index contributed by atoms with van der Waals surface area (Å²) in [6, 6.07) is 0. The van der Waals surface area contributed by atoms with E-state index < -0.39 is 6.10 Å². The zero-order valence-electron chi connectivity index (χ0n) is 40.3. The molecule has 352 valence electrons. The standard InChI is InChI=1S/C57H94O5/c1-4-7-10-13-16-19-22-25-28-29-31-32-35-38-41-44-47-50-56(58)61-54-55(53-60-52-49-46-43-40-37-34-27-24-21-18-15-12-9-6-3)62-57(59)51-48-45-42-39-36-33-30-26-23-20-17-14-11-8-5-2/h7-8,10-11,16-17,19-21,24-26,28,30-32,36,39,55H,4-6,9,12-15,18,22-23,27,29,33-35,37-38,40-54H2,1-3H3/b10-7-,11-8-,19-16-,20-17-,24-21-,28-25-,30-26-,32-31-,39-36-. The van der Waals surface area contributed by atoms with Crippen molar-refractivity contribution < 1.29 is 23.8 Å². The van der Waals surface area contributed by atoms with E-state index in [0.29, 0.717) is 19.4 Å². The van der Waals surface area contributed by atoms with Crippen LogP contribution in [0.5, 0.6) is 0 Å². The van der Waals surface area contributed by atoms with Crippen molar-refractivity contribution in [1.29, 1.82) is 0 Å². The van der Waals surface area contributed by atoms with Gasteiger partial charge in [0.25, 0.3) is 0 Å². The second-order valence-corrected chi connectivity index (χ2v) is 16.3. The van der Waals surface area contributed by atoms with E-state index in [2.05, 4.69) is 130 Å². The quantitative estimate of drug-likeness (QED) is 0.0347. The first-order valence-corrected chi connectivity index (χ1v) is 25.4. The van der Waals surface area contributed by atoms with E-state index in [1.807, 2.05) is 0 Å². The highest BCUT2D eigenvalue weighted by Crippen LogP contribution is 2.12. The minimum absolute atomic E-state index is 0.0472. The van der Waals surface area contributed by atoms with Gasteiger partial charge in [0.1, 0.15) is 6.61 Å². The van der Waals surface area contributed by atoms with Gasteiger partial charge < -0.3 is 14.2 Å². The SMILES string of the molecule is CC/C=C\C/C=C\C/C=C\C/C=C\CCCCCCC(=O)OCC(COCCCCCCCC/C=C\CCCCCC)OC(=O)CCCC/C=C\C/C=C\C/C=C\C/C=C\CC. The first kappa shape index (κ1) is 58.6. The van der Waals surface area contributed by atoms with Crippen molar-refractivity contribution in [2.45, 2.75) is 219 Å². The molecule has 0 saturated carbocycles. The van der Waals surface area contributed by atoms with Gasteiger partial charge in [-0.2, -0.15) is 0 Å². The maximum absolute atomic E-state index is 12.8. The Bertz CT molecular complexity index is 1250. The van der Waals surface area contributed by atoms with Gasteiger partial charge in [-0.05, 0) is 122 Å². The molecule has 0 aromatic heterocycles. The third kappa shape index (κ3) is 49.2. The van der Waals surface area contributed by atoms with Crippen LogP contribution in [-0.2, 0) is 23.8 Å². The van der Waals surface area contributed by atoms with Crippen LogP contribution >= 0.6 is 0 Å². The van der Waals surface area contributed by atoms with Gasteiger partial charge in [0, 0.05) is 19.4 Å². The second-order valence-electron chi connectivity index (χ2n) is 16.3. The summed E-state index contributed by atoms with van der Waals surface area (Å²) in [6.07, 6.45) is 70.9. The highest BCUT2D eigenvalue weighted by molar-refractivity contribution is 5.70. The number of esters is 2. The molecule has 0 aliphatic heterocycles. The third-order valence-electron chi connectivity index (χ3n) is 10.3. The normalized spacial score (nSPS) is 13.1. The maximum Gasteiger partial charge on any atom is 0.306 e. The Morgan fingerprint density at radius 1 is 0.371 bits per heavy atom. The largest absolute Gasteiger partial charge is 0.462 e. The van der Waals surface area contributed by atoms with E-state index in [-0.39, 0.29) is 25.2 Å². The topological polar surface area (TPSA) is 61.8 Å². The van der Waals surface area contributed by atoms with Crippen LogP contribution in [0.4, 0.5) is 0 Å². The van der Waals surface area contributed by atoms with Crippen LogP contribution in [0.25, 0.3) is 0 Å². The molecule has 0 N–H and O–H groups in total. The van der Waals surface area contributed by atoms with Gasteiger partial charge in [-0.15, -0.1) is 0 Å². The number of carbonyl (C=O) groups excluding carboxylic acids is 2. The predicted octanol–water partition coefficient (Wildman–Crippen LogP) is 17.2. The molecule has 0 aliphatic rings. The minimum Gasteiger partial charge on any atom is -0.462 e. The van der Waals surface area contributed by atoms with Gasteiger partial charge >= 0.3 is 11.9 Å². The number of rotatable bonds is 45. The molecular formula is C57H94O5. The van der Waals surface area contributed by atoms with Crippen LogP contribution in [0.2, 0.25) is 0 Å². The summed E-state index contributed by atoms with van der Waals surface area (Å²) in [5.74, 6) is -0.482. The highest BCUT2D eigenvalue weighted by atomic mass is 16.6. The average Bonchev–Trinajstić information content (AvgIpc) is 3.27. The molecule has 0 aromatic rings. The van der Waals surface area contributed by atoms with E-state index in [1.165, 1.54) is 64.2 Å². The van der Waals surface area contributed by atoms with Gasteiger partial charge in [0.05, 0.1) is 6.61 Å². The van der Waals surface area contributed by atoms with Crippen LogP contribution in [0.3, 0.4) is 0 Å². The zero-order chi connectivity index (χ0) is 44.9. The lowest BCUT2D eigenvalue weighted by molar-refractivity contribution is -0.163. The summed E-state index contributed by atoms with van der Waals surface area (Å²) >= 11 is 0. The molecule has 0 saturated heterocycles. The molecule has 1 unspecified atom stereocenters. The van der Waals surface area contributed by atoms with Crippen molar-refractivity contribution >= 4 is 11.9 Å². The lowest BCUT2D eigenvalue weighted by atomic mass is 10.1. The summed E-state index contributed by atoms with van der Waals surface area (Å²) in [7, 11) is 0. The second kappa shape index (κ2) is 51.9. The molecule has 0 rings (SSSR count). The van der Waals surface area contributed by atoms with Crippen LogP contribution in [0.15, 0.2) is 109 Å². The molecule has 5 heteroatoms. The Morgan fingerprint density at radius 3 is 1.21 bits per heavy atom. The van der Waals surface area contributed by atoms with Crippen molar-refractivity contribution in [2.75, 3.05) is 19.8 Å². The summed E-state index contributed by atoms with van der Waals surface area (Å²) in [5.41, 5.74) is 0. The Balaban J connectivity index is 4.41. The fourth-order valence-corrected chi connectivity index (χ4v) is 6.54. The maximum atomic E-state index is 12.8. The number of hydrogen-bond donors (Lipinski definition) is 0. The van der Waals surface area contributed by atoms with Crippen LogP contribution in [-0.4, -0.2) is 37.9 Å². The Hall–Kier alpha value is -3.44. The number of unbranched alkanes of at least 4 members (excludes halogenated alkanes) is 16. The van der Waals surface area contributed by atoms with Crippen molar-refractivity contribution in [3.63, 3.8) is 0 Å². The molecule has 5 nitrogen and oxygen atoms in total. The predicted molar refractivity (Wildman–Crippen MR) is 269 cm³/mol. The molecule has 0 amide bonds. The van der Waals surface area contributed by atoms with E-state index in [0.717, 1.165) is 116 Å². The molecular weight excluding hydrogens is 765 g/mol. The Labute approximate surface area is 383 Å². The molecule has 0 heterocycles. The van der Waals surface area contributed by atoms with Crippen LogP contribution < -0.4 is 0 Å². The fraction of sp³-hybridized carbons (Fsp3) is 0.649. The molecule has 0 fully saturated rings. The molecule has 1 atom stereocenters. The minimum atomic E-state index is -0.577. The van der Waals surface area contributed by atoms with Crippen LogP contribution in [0, 0.1) is 0 Å². The van der Waals surface area contributed by atoms with Gasteiger partial charge in [-0.3, -0.25) is 9.59 Å². The van der Waals surface area contributed by atoms with Crippen LogP contribution in [0.1, 0.15) is 213 Å². The number of hydrogen-bond acceptors (Lipinski definition) is 5. The Kier molecular flexibility index (Phi) is 49.0. The lowest BCUT2D eigenvalue weighted by Crippen LogP contribution is -2.30. The molecule has 0 aromatic carbocycles. The molecule has 0 aliphatic carbocycles. The number of allylic oxidation sites excluding steroid dienone is 18. The van der Waals surface area contributed by atoms with Crippen molar-refractivity contribution in [2.24, 2.45) is 0 Å². The van der Waals surface area contributed by atoms with Gasteiger partial charge in [0.15, 0.2) is 6.10 Å². The van der Waals surface area contributed by atoms with E-state index in [1.54, 1.807) is 0 Å². The summed E-state index contributed by atoms with van der Waals surface area (Å²) < 4.78 is 17.3. The average molecular weight is 859 g/mol. The van der Waals surface area contributed by atoms with E-state index in [4.69, 9.17) is 14.2 Å². The Morgan fingerprint density at radius 2 is 0.726 bits per heavy atom. The smallest absolute Gasteiger partial charge is 0.306 e. The van der Waals surface area contributed by atoms with E-state index >= 15 is 0 Å². The first-order chi connectivity index (χ1) is 30.6. The molecule has 62 heavy (non-hydrogen) atoms. The summed E-state index contributed by atoms with van der Waals surface area (Å²) in [5, 5.41) is 0. The monoisotopic (exact) mass is 859 g/mol. The summed E-state index contributed by atoms with van der Waals surface area (Å²) in [6.45, 7) is 7.49. The van der Waals surface area contributed by atoms with Crippen molar-refractivity contribution in [3.05, 3.63) is 109 Å². The zero-order valence-corrected chi connectivity index (χ0v) is 40.3. The van der Waals surface area contributed by atoms with E-state index in [9.17, 15) is 9.59 Å².